The fraction of sp³-hybridized carbons (Fsp3) is 0.231. The molecule has 3 rings (SSSR count). The van der Waals surface area contributed by atoms with Crippen LogP contribution in [0.3, 0.4) is 0 Å². The van der Waals surface area contributed by atoms with Crippen LogP contribution in [0.25, 0.3) is 11.1 Å². The van der Waals surface area contributed by atoms with Gasteiger partial charge in [0.05, 0.1) is 12.6 Å². The van der Waals surface area contributed by atoms with Gasteiger partial charge in [-0.3, -0.25) is 14.5 Å². The Hall–Kier alpha value is -3.44. The second-order valence-electron chi connectivity index (χ2n) is 7.55. The predicted octanol–water partition coefficient (Wildman–Crippen LogP) is 4.81. The van der Waals surface area contributed by atoms with Gasteiger partial charge in [0.25, 0.3) is 0 Å². The van der Waals surface area contributed by atoms with E-state index in [1.165, 1.54) is 0 Å². The zero-order chi connectivity index (χ0) is 22.2. The molecule has 0 heterocycles. The maximum Gasteiger partial charge on any atom is 0.241 e. The second-order valence-corrected chi connectivity index (χ2v) is 7.55. The van der Waals surface area contributed by atoms with Crippen LogP contribution in [0.2, 0.25) is 0 Å². The molecule has 0 aliphatic heterocycles. The average molecular weight is 416 g/mol. The number of rotatable bonds is 8. The number of likely N-dealkylation sites (N-methyl/N-ethyl adjacent to an activating group) is 1. The van der Waals surface area contributed by atoms with Crippen molar-refractivity contribution < 1.29 is 9.59 Å². The summed E-state index contributed by atoms with van der Waals surface area (Å²) in [6.07, 6.45) is 0.839. The molecule has 1 unspecified atom stereocenters. The summed E-state index contributed by atoms with van der Waals surface area (Å²) in [4.78, 5) is 27.2. The zero-order valence-electron chi connectivity index (χ0n) is 18.3. The van der Waals surface area contributed by atoms with E-state index in [2.05, 4.69) is 17.6 Å². The van der Waals surface area contributed by atoms with Crippen LogP contribution in [0, 0.1) is 0 Å². The van der Waals surface area contributed by atoms with Gasteiger partial charge in [-0.25, -0.2) is 0 Å². The van der Waals surface area contributed by atoms with Crippen molar-refractivity contribution in [1.29, 1.82) is 0 Å². The predicted molar refractivity (Wildman–Crippen MR) is 127 cm³/mol. The SMILES string of the molecule is CCc1ccccc1NC(=O)CN(C)C(C)C(=O)Nc1ccccc1-c1ccccc1. The molecule has 0 saturated carbocycles. The van der Waals surface area contributed by atoms with Crippen LogP contribution in [-0.2, 0) is 16.0 Å². The minimum absolute atomic E-state index is 0.118. The Balaban J connectivity index is 1.63. The highest BCUT2D eigenvalue weighted by molar-refractivity contribution is 5.99. The number of carbonyl (C=O) groups excluding carboxylic acids is 2. The van der Waals surface area contributed by atoms with E-state index in [0.29, 0.717) is 0 Å². The first-order valence-corrected chi connectivity index (χ1v) is 10.5. The van der Waals surface area contributed by atoms with Gasteiger partial charge < -0.3 is 10.6 Å². The monoisotopic (exact) mass is 415 g/mol. The summed E-state index contributed by atoms with van der Waals surface area (Å²) in [5.41, 5.74) is 4.65. The standard InChI is InChI=1S/C26H29N3O2/c1-4-20-12-8-10-16-23(20)27-25(30)18-29(3)19(2)26(31)28-24-17-11-9-15-22(24)21-13-6-5-7-14-21/h5-17,19H,4,18H2,1-3H3,(H,27,30)(H,28,31). The highest BCUT2D eigenvalue weighted by Gasteiger charge is 2.21. The largest absolute Gasteiger partial charge is 0.325 e. The Bertz CT molecular complexity index is 1030. The van der Waals surface area contributed by atoms with E-state index in [1.807, 2.05) is 78.9 Å². The van der Waals surface area contributed by atoms with Crippen LogP contribution in [0.1, 0.15) is 19.4 Å². The molecule has 31 heavy (non-hydrogen) atoms. The second kappa shape index (κ2) is 10.5. The summed E-state index contributed by atoms with van der Waals surface area (Å²) in [5.74, 6) is -0.305. The van der Waals surface area contributed by atoms with E-state index >= 15 is 0 Å². The molecule has 0 radical (unpaired) electrons. The van der Waals surface area contributed by atoms with Crippen LogP contribution in [0.15, 0.2) is 78.9 Å². The number of nitrogens with one attached hydrogen (secondary N) is 2. The fourth-order valence-corrected chi connectivity index (χ4v) is 3.40. The number of hydrogen-bond acceptors (Lipinski definition) is 3. The average Bonchev–Trinajstić information content (AvgIpc) is 2.79. The molecule has 0 aromatic heterocycles. The van der Waals surface area contributed by atoms with Gasteiger partial charge in [0.1, 0.15) is 0 Å². The van der Waals surface area contributed by atoms with Gasteiger partial charge >= 0.3 is 0 Å². The molecule has 0 bridgehead atoms. The summed E-state index contributed by atoms with van der Waals surface area (Å²) < 4.78 is 0. The molecule has 5 nitrogen and oxygen atoms in total. The molecule has 0 saturated heterocycles. The topological polar surface area (TPSA) is 61.4 Å². The summed E-state index contributed by atoms with van der Waals surface area (Å²) in [6.45, 7) is 3.97. The third kappa shape index (κ3) is 5.80. The van der Waals surface area contributed by atoms with Crippen molar-refractivity contribution in [2.45, 2.75) is 26.3 Å². The van der Waals surface area contributed by atoms with Crippen molar-refractivity contribution >= 4 is 23.2 Å². The molecule has 2 amide bonds. The Labute approximate surface area is 184 Å². The highest BCUT2D eigenvalue weighted by Crippen LogP contribution is 2.27. The minimum Gasteiger partial charge on any atom is -0.325 e. The van der Waals surface area contributed by atoms with Crippen molar-refractivity contribution in [3.8, 4) is 11.1 Å². The lowest BCUT2D eigenvalue weighted by Crippen LogP contribution is -2.43. The molecule has 3 aromatic carbocycles. The number of benzene rings is 3. The van der Waals surface area contributed by atoms with E-state index in [1.54, 1.807) is 18.9 Å². The first-order valence-electron chi connectivity index (χ1n) is 10.5. The van der Waals surface area contributed by atoms with Gasteiger partial charge in [-0.1, -0.05) is 73.7 Å². The van der Waals surface area contributed by atoms with Gasteiger partial charge in [-0.05, 0) is 43.7 Å². The minimum atomic E-state index is -0.476. The Kier molecular flexibility index (Phi) is 7.57. The number of anilines is 2. The van der Waals surface area contributed by atoms with E-state index < -0.39 is 6.04 Å². The van der Waals surface area contributed by atoms with Crippen LogP contribution in [0.4, 0.5) is 11.4 Å². The number of aryl methyl sites for hydroxylation is 1. The number of carbonyl (C=O) groups is 2. The van der Waals surface area contributed by atoms with Crippen LogP contribution in [0.5, 0.6) is 0 Å². The quantitative estimate of drug-likeness (QED) is 0.555. The van der Waals surface area contributed by atoms with E-state index in [0.717, 1.165) is 34.5 Å². The van der Waals surface area contributed by atoms with Crippen molar-refractivity contribution in [2.24, 2.45) is 0 Å². The third-order valence-corrected chi connectivity index (χ3v) is 5.38. The van der Waals surface area contributed by atoms with Gasteiger partial charge in [-0.15, -0.1) is 0 Å². The lowest BCUT2D eigenvalue weighted by Gasteiger charge is -2.24. The highest BCUT2D eigenvalue weighted by atomic mass is 16.2. The van der Waals surface area contributed by atoms with E-state index in [-0.39, 0.29) is 18.4 Å². The van der Waals surface area contributed by atoms with Gasteiger partial charge in [0, 0.05) is 16.9 Å². The molecular formula is C26H29N3O2. The molecule has 5 heteroatoms. The number of para-hydroxylation sites is 2. The van der Waals surface area contributed by atoms with Gasteiger partial charge in [0.2, 0.25) is 11.8 Å². The molecular weight excluding hydrogens is 386 g/mol. The van der Waals surface area contributed by atoms with Crippen LogP contribution in [-0.4, -0.2) is 36.3 Å². The third-order valence-electron chi connectivity index (χ3n) is 5.38. The molecule has 3 aromatic rings. The molecule has 2 N–H and O–H groups in total. The van der Waals surface area contributed by atoms with Crippen LogP contribution >= 0.6 is 0 Å². The Morgan fingerprint density at radius 3 is 2.16 bits per heavy atom. The van der Waals surface area contributed by atoms with Crippen molar-refractivity contribution in [3.63, 3.8) is 0 Å². The number of nitrogens with zero attached hydrogens (tertiary/aromatic N) is 1. The van der Waals surface area contributed by atoms with Gasteiger partial charge in [0.15, 0.2) is 0 Å². The summed E-state index contributed by atoms with van der Waals surface area (Å²) in [7, 11) is 1.78. The maximum atomic E-state index is 12.9. The van der Waals surface area contributed by atoms with Crippen LogP contribution < -0.4 is 10.6 Å². The lowest BCUT2D eigenvalue weighted by molar-refractivity contribution is -0.122. The first-order chi connectivity index (χ1) is 15.0. The molecule has 0 aliphatic carbocycles. The molecule has 0 fully saturated rings. The molecule has 160 valence electrons. The summed E-state index contributed by atoms with van der Waals surface area (Å²) >= 11 is 0. The lowest BCUT2D eigenvalue weighted by atomic mass is 10.0. The normalized spacial score (nSPS) is 11.7. The Morgan fingerprint density at radius 1 is 0.839 bits per heavy atom. The summed E-state index contributed by atoms with van der Waals surface area (Å²) in [6, 6.07) is 24.9. The molecule has 0 aliphatic rings. The van der Waals surface area contributed by atoms with E-state index in [9.17, 15) is 9.59 Å². The number of amides is 2. The maximum absolute atomic E-state index is 12.9. The fourth-order valence-electron chi connectivity index (χ4n) is 3.40. The first kappa shape index (κ1) is 22.2. The Morgan fingerprint density at radius 2 is 1.45 bits per heavy atom. The summed E-state index contributed by atoms with van der Waals surface area (Å²) in [5, 5.41) is 5.97. The van der Waals surface area contributed by atoms with Crippen molar-refractivity contribution in [2.75, 3.05) is 24.2 Å². The number of hydrogen-bond donors (Lipinski definition) is 2. The molecule has 0 spiro atoms. The van der Waals surface area contributed by atoms with Crippen molar-refractivity contribution in [3.05, 3.63) is 84.4 Å². The van der Waals surface area contributed by atoms with Crippen molar-refractivity contribution in [1.82, 2.24) is 4.90 Å². The smallest absolute Gasteiger partial charge is 0.241 e. The van der Waals surface area contributed by atoms with E-state index in [4.69, 9.17) is 0 Å². The van der Waals surface area contributed by atoms with Gasteiger partial charge in [-0.2, -0.15) is 0 Å². The zero-order valence-corrected chi connectivity index (χ0v) is 18.3. The molecule has 1 atom stereocenters.